The van der Waals surface area contributed by atoms with Crippen LogP contribution in [0.15, 0.2) is 30.3 Å². The monoisotopic (exact) mass is 395 g/mol. The molecule has 0 saturated carbocycles. The molecule has 152 valence electrons. The van der Waals surface area contributed by atoms with Crippen LogP contribution in [0.4, 0.5) is 0 Å². The van der Waals surface area contributed by atoms with E-state index in [4.69, 9.17) is 4.74 Å². The van der Waals surface area contributed by atoms with E-state index in [0.29, 0.717) is 26.2 Å². The Morgan fingerprint density at radius 3 is 2.56 bits per heavy atom. The molecule has 0 aliphatic carbocycles. The minimum Gasteiger partial charge on any atom is -0.384 e. The lowest BCUT2D eigenvalue weighted by atomic mass is 9.73. The predicted octanol–water partition coefficient (Wildman–Crippen LogP) is 1.84. The lowest BCUT2D eigenvalue weighted by Crippen LogP contribution is -2.52. The maximum Gasteiger partial charge on any atom is 0.279 e. The van der Waals surface area contributed by atoms with Crippen LogP contribution >= 0.6 is 0 Å². The van der Waals surface area contributed by atoms with Crippen LogP contribution in [0.3, 0.4) is 0 Å². The van der Waals surface area contributed by atoms with Crippen molar-refractivity contribution in [1.29, 1.82) is 0 Å². The lowest BCUT2D eigenvalue weighted by molar-refractivity contribution is 0.118. The molecule has 6 nitrogen and oxygen atoms in total. The smallest absolute Gasteiger partial charge is 0.279 e. The van der Waals surface area contributed by atoms with Gasteiger partial charge in [-0.25, -0.2) is 4.72 Å². The molecule has 2 aliphatic heterocycles. The quantitative estimate of drug-likeness (QED) is 0.765. The molecule has 2 heterocycles. The van der Waals surface area contributed by atoms with E-state index in [2.05, 4.69) is 28.8 Å². The van der Waals surface area contributed by atoms with Gasteiger partial charge >= 0.3 is 0 Å². The fraction of sp³-hybridized carbons (Fsp3) is 0.700. The van der Waals surface area contributed by atoms with Gasteiger partial charge in [-0.15, -0.1) is 0 Å². The maximum absolute atomic E-state index is 13.0. The van der Waals surface area contributed by atoms with Gasteiger partial charge in [-0.3, -0.25) is 0 Å². The van der Waals surface area contributed by atoms with Crippen LogP contribution in [0.25, 0.3) is 0 Å². The van der Waals surface area contributed by atoms with Crippen LogP contribution in [-0.4, -0.2) is 71.1 Å². The number of nitrogens with one attached hydrogen (secondary N) is 1. The Labute approximate surface area is 164 Å². The maximum atomic E-state index is 13.0. The largest absolute Gasteiger partial charge is 0.384 e. The lowest BCUT2D eigenvalue weighted by Gasteiger charge is -2.42. The first-order valence-electron chi connectivity index (χ1n) is 9.93. The highest BCUT2D eigenvalue weighted by Crippen LogP contribution is 2.35. The first-order chi connectivity index (χ1) is 13.0. The number of hydrogen-bond acceptors (Lipinski definition) is 4. The number of likely N-dealkylation sites (tertiary alicyclic amines) is 1. The molecule has 7 heteroatoms. The molecule has 0 radical (unpaired) electrons. The molecule has 0 spiro atoms. The van der Waals surface area contributed by atoms with Gasteiger partial charge in [0.2, 0.25) is 0 Å². The topological polar surface area (TPSA) is 61.9 Å². The molecule has 1 N–H and O–H groups in total. The van der Waals surface area contributed by atoms with E-state index < -0.39 is 10.2 Å². The molecule has 2 fully saturated rings. The summed E-state index contributed by atoms with van der Waals surface area (Å²) in [5, 5.41) is 0. The van der Waals surface area contributed by atoms with E-state index in [9.17, 15) is 8.42 Å². The van der Waals surface area contributed by atoms with E-state index >= 15 is 0 Å². The third kappa shape index (κ3) is 5.09. The van der Waals surface area contributed by atoms with Crippen molar-refractivity contribution in [3.63, 3.8) is 0 Å². The molecular formula is C20H33N3O3S. The predicted molar refractivity (Wildman–Crippen MR) is 108 cm³/mol. The summed E-state index contributed by atoms with van der Waals surface area (Å²) in [5.74, 6) is 0.284. The highest BCUT2D eigenvalue weighted by molar-refractivity contribution is 7.87. The number of piperidine rings is 2. The third-order valence-corrected chi connectivity index (χ3v) is 7.67. The molecule has 1 atom stereocenters. The van der Waals surface area contributed by atoms with E-state index in [-0.39, 0.29) is 11.3 Å². The number of hydrogen-bond donors (Lipinski definition) is 1. The molecule has 2 aliphatic rings. The molecule has 1 aromatic carbocycles. The van der Waals surface area contributed by atoms with Crippen molar-refractivity contribution in [3.8, 4) is 0 Å². The van der Waals surface area contributed by atoms with Gasteiger partial charge < -0.3 is 9.64 Å². The minimum absolute atomic E-state index is 0.136. The van der Waals surface area contributed by atoms with Crippen molar-refractivity contribution in [2.45, 2.75) is 31.1 Å². The van der Waals surface area contributed by atoms with Gasteiger partial charge in [-0.1, -0.05) is 30.3 Å². The van der Waals surface area contributed by atoms with E-state index in [1.807, 2.05) is 18.2 Å². The van der Waals surface area contributed by atoms with Crippen LogP contribution in [0.5, 0.6) is 0 Å². The summed E-state index contributed by atoms with van der Waals surface area (Å²) in [5.41, 5.74) is 1.10. The molecule has 0 aromatic heterocycles. The Morgan fingerprint density at radius 1 is 1.19 bits per heavy atom. The molecule has 27 heavy (non-hydrogen) atoms. The van der Waals surface area contributed by atoms with Crippen LogP contribution < -0.4 is 4.72 Å². The second-order valence-corrected chi connectivity index (χ2v) is 9.85. The molecule has 1 unspecified atom stereocenters. The average Bonchev–Trinajstić information content (AvgIpc) is 2.69. The first kappa shape index (κ1) is 20.7. The van der Waals surface area contributed by atoms with E-state index in [1.165, 1.54) is 5.56 Å². The second kappa shape index (κ2) is 9.01. The number of benzene rings is 1. The molecular weight excluding hydrogens is 362 g/mol. The highest BCUT2D eigenvalue weighted by Gasteiger charge is 2.37. The summed E-state index contributed by atoms with van der Waals surface area (Å²) in [4.78, 5) is 2.32. The fourth-order valence-corrected chi connectivity index (χ4v) is 5.76. The number of methoxy groups -OCH3 is 1. The zero-order chi connectivity index (χ0) is 19.3. The Hall–Kier alpha value is -0.990. The van der Waals surface area contributed by atoms with Crippen LogP contribution in [-0.2, 0) is 20.4 Å². The summed E-state index contributed by atoms with van der Waals surface area (Å²) in [7, 11) is 0.324. The summed E-state index contributed by atoms with van der Waals surface area (Å²) in [6.07, 6.45) is 3.84. The van der Waals surface area contributed by atoms with Crippen LogP contribution in [0.1, 0.15) is 31.2 Å². The standard InChI is InChI=1S/C20H33N3O3S/c1-22-13-10-20(11-14-22,19-8-4-3-5-9-19)17-21-27(24,25)23-12-6-7-18(15-23)16-26-2/h3-5,8-9,18,21H,6-7,10-17H2,1-2H3. The van der Waals surface area contributed by atoms with Gasteiger partial charge in [-0.05, 0) is 57.3 Å². The highest BCUT2D eigenvalue weighted by atomic mass is 32.2. The SMILES string of the molecule is COCC1CCCN(S(=O)(=O)NCC2(c3ccccc3)CCN(C)CC2)C1. The summed E-state index contributed by atoms with van der Waals surface area (Å²) >= 11 is 0. The Morgan fingerprint density at radius 2 is 1.89 bits per heavy atom. The molecule has 2 saturated heterocycles. The zero-order valence-corrected chi connectivity index (χ0v) is 17.4. The van der Waals surface area contributed by atoms with Gasteiger partial charge in [-0.2, -0.15) is 12.7 Å². The van der Waals surface area contributed by atoms with Gasteiger partial charge in [0.25, 0.3) is 10.2 Å². The van der Waals surface area contributed by atoms with Gasteiger partial charge in [0.1, 0.15) is 0 Å². The van der Waals surface area contributed by atoms with Gasteiger partial charge in [0, 0.05) is 32.2 Å². The molecule has 3 rings (SSSR count). The molecule has 1 aromatic rings. The average molecular weight is 396 g/mol. The summed E-state index contributed by atoms with van der Waals surface area (Å²) in [6.45, 7) is 4.18. The number of rotatable bonds is 7. The third-order valence-electron chi connectivity index (χ3n) is 6.15. The van der Waals surface area contributed by atoms with Crippen molar-refractivity contribution >= 4 is 10.2 Å². The number of nitrogens with zero attached hydrogens (tertiary/aromatic N) is 2. The van der Waals surface area contributed by atoms with Crippen molar-refractivity contribution < 1.29 is 13.2 Å². The second-order valence-electron chi connectivity index (χ2n) is 8.10. The van der Waals surface area contributed by atoms with Crippen molar-refractivity contribution in [3.05, 3.63) is 35.9 Å². The van der Waals surface area contributed by atoms with Crippen LogP contribution in [0.2, 0.25) is 0 Å². The Balaban J connectivity index is 1.71. The first-order valence-corrected chi connectivity index (χ1v) is 11.4. The van der Waals surface area contributed by atoms with Crippen molar-refractivity contribution in [2.75, 3.05) is 53.5 Å². The molecule has 0 bridgehead atoms. The van der Waals surface area contributed by atoms with E-state index in [0.717, 1.165) is 38.8 Å². The normalized spacial score (nSPS) is 24.7. The summed E-state index contributed by atoms with van der Waals surface area (Å²) < 4.78 is 35.8. The molecule has 0 amide bonds. The van der Waals surface area contributed by atoms with Crippen LogP contribution in [0, 0.1) is 5.92 Å². The Kier molecular flexibility index (Phi) is 6.92. The fourth-order valence-electron chi connectivity index (χ4n) is 4.34. The van der Waals surface area contributed by atoms with Gasteiger partial charge in [0.15, 0.2) is 0 Å². The van der Waals surface area contributed by atoms with E-state index in [1.54, 1.807) is 11.4 Å². The van der Waals surface area contributed by atoms with Crippen molar-refractivity contribution in [2.24, 2.45) is 5.92 Å². The minimum atomic E-state index is -3.48. The van der Waals surface area contributed by atoms with Gasteiger partial charge in [0.05, 0.1) is 6.61 Å². The summed E-state index contributed by atoms with van der Waals surface area (Å²) in [6, 6.07) is 10.4. The van der Waals surface area contributed by atoms with Crippen molar-refractivity contribution in [1.82, 2.24) is 13.9 Å². The number of ether oxygens (including phenoxy) is 1. The zero-order valence-electron chi connectivity index (χ0n) is 16.6. The Bertz CT molecular complexity index is 686.